The van der Waals surface area contributed by atoms with Crippen LogP contribution in [0.2, 0.25) is 0 Å². The highest BCUT2D eigenvalue weighted by Crippen LogP contribution is 2.35. The molecule has 0 saturated carbocycles. The molecule has 9 heteroatoms. The molecule has 0 aliphatic heterocycles. The summed E-state index contributed by atoms with van der Waals surface area (Å²) in [5, 5.41) is 18.9. The second-order valence-electron chi connectivity index (χ2n) is 4.21. The molecule has 1 aromatic carbocycles. The summed E-state index contributed by atoms with van der Waals surface area (Å²) in [7, 11) is 3.00. The minimum Gasteiger partial charge on any atom is -0.544 e. The molecular formula is C14H12BrN2O5S-. The third-order valence-electron chi connectivity index (χ3n) is 2.70. The Morgan fingerprint density at radius 3 is 2.52 bits per heavy atom. The number of benzene rings is 1. The van der Waals surface area contributed by atoms with Gasteiger partial charge in [-0.3, -0.25) is 0 Å². The molecule has 0 radical (unpaired) electrons. The van der Waals surface area contributed by atoms with Gasteiger partial charge in [0.2, 0.25) is 5.89 Å². The Kier molecular flexibility index (Phi) is 5.67. The number of hydrogen-bond acceptors (Lipinski definition) is 8. The summed E-state index contributed by atoms with van der Waals surface area (Å²) >= 11 is 4.15. The number of carboxylic acids is 1. The van der Waals surface area contributed by atoms with Crippen LogP contribution in [-0.2, 0) is 4.79 Å². The number of halogens is 1. The standard InChI is InChI=1S/C14H13BrN2O5S/c1-7-16-17-14(22-7)23-12(13(18)19)5-8-4-9(15)11(21-3)6-10(8)20-2/h4-6H,1-3H3,(H,18,19)/p-1/b12-5-. The van der Waals surface area contributed by atoms with Crippen LogP contribution < -0.4 is 14.6 Å². The summed E-state index contributed by atoms with van der Waals surface area (Å²) in [6, 6.07) is 3.32. The molecular weight excluding hydrogens is 388 g/mol. The summed E-state index contributed by atoms with van der Waals surface area (Å²) < 4.78 is 16.3. The van der Waals surface area contributed by atoms with Crippen molar-refractivity contribution in [2.24, 2.45) is 0 Å². The Labute approximate surface area is 144 Å². The fourth-order valence-electron chi connectivity index (χ4n) is 1.68. The van der Waals surface area contributed by atoms with E-state index in [1.165, 1.54) is 20.3 Å². The molecule has 0 N–H and O–H groups in total. The molecule has 122 valence electrons. The van der Waals surface area contributed by atoms with Gasteiger partial charge in [-0.15, -0.1) is 10.2 Å². The third kappa shape index (κ3) is 4.26. The van der Waals surface area contributed by atoms with Crippen molar-refractivity contribution < 1.29 is 23.8 Å². The molecule has 2 aromatic rings. The van der Waals surface area contributed by atoms with E-state index in [2.05, 4.69) is 26.1 Å². The van der Waals surface area contributed by atoms with Crippen molar-refractivity contribution in [1.82, 2.24) is 10.2 Å². The summed E-state index contributed by atoms with van der Waals surface area (Å²) in [5.74, 6) is -0.00453. The summed E-state index contributed by atoms with van der Waals surface area (Å²) in [5.41, 5.74) is 0.531. The van der Waals surface area contributed by atoms with E-state index in [0.717, 1.165) is 11.8 Å². The minimum atomic E-state index is -1.36. The lowest BCUT2D eigenvalue weighted by Gasteiger charge is -2.11. The lowest BCUT2D eigenvalue weighted by Crippen LogP contribution is -2.23. The van der Waals surface area contributed by atoms with Crippen molar-refractivity contribution in [3.05, 3.63) is 33.0 Å². The first kappa shape index (κ1) is 17.4. The van der Waals surface area contributed by atoms with Gasteiger partial charge in [-0.05, 0) is 39.8 Å². The van der Waals surface area contributed by atoms with Crippen LogP contribution in [0.1, 0.15) is 11.5 Å². The Morgan fingerprint density at radius 1 is 1.30 bits per heavy atom. The number of aromatic nitrogens is 2. The molecule has 7 nitrogen and oxygen atoms in total. The van der Waals surface area contributed by atoms with E-state index in [1.807, 2.05) is 0 Å². The Hall–Kier alpha value is -2.00. The van der Waals surface area contributed by atoms with E-state index in [-0.39, 0.29) is 10.1 Å². The zero-order chi connectivity index (χ0) is 17.0. The van der Waals surface area contributed by atoms with Crippen molar-refractivity contribution >= 4 is 39.7 Å². The number of methoxy groups -OCH3 is 2. The maximum atomic E-state index is 11.4. The molecule has 0 atom stereocenters. The zero-order valence-electron chi connectivity index (χ0n) is 12.5. The molecule has 0 amide bonds. The SMILES string of the molecule is COc1cc(OC)c(/C=C(\Sc2nnc(C)o2)C(=O)[O-])cc1Br. The van der Waals surface area contributed by atoms with Crippen LogP contribution >= 0.6 is 27.7 Å². The van der Waals surface area contributed by atoms with Crippen LogP contribution in [0.3, 0.4) is 0 Å². The van der Waals surface area contributed by atoms with Gasteiger partial charge in [0, 0.05) is 23.5 Å². The summed E-state index contributed by atoms with van der Waals surface area (Å²) in [6.45, 7) is 1.61. The van der Waals surface area contributed by atoms with Crippen LogP contribution in [0.15, 0.2) is 31.2 Å². The summed E-state index contributed by atoms with van der Waals surface area (Å²) in [6.07, 6.45) is 1.41. The van der Waals surface area contributed by atoms with Crippen LogP contribution in [0.5, 0.6) is 11.5 Å². The quantitative estimate of drug-likeness (QED) is 0.537. The van der Waals surface area contributed by atoms with Gasteiger partial charge in [0.25, 0.3) is 5.22 Å². The van der Waals surface area contributed by atoms with Crippen molar-refractivity contribution in [2.75, 3.05) is 14.2 Å². The summed E-state index contributed by atoms with van der Waals surface area (Å²) in [4.78, 5) is 11.3. The zero-order valence-corrected chi connectivity index (χ0v) is 14.9. The fraction of sp³-hybridized carbons (Fsp3) is 0.214. The van der Waals surface area contributed by atoms with E-state index < -0.39 is 5.97 Å². The number of carbonyl (C=O) groups is 1. The molecule has 0 spiro atoms. The van der Waals surface area contributed by atoms with E-state index >= 15 is 0 Å². The molecule has 1 heterocycles. The maximum Gasteiger partial charge on any atom is 0.281 e. The van der Waals surface area contributed by atoms with Gasteiger partial charge in [-0.2, -0.15) is 0 Å². The van der Waals surface area contributed by atoms with E-state index in [9.17, 15) is 9.90 Å². The highest BCUT2D eigenvalue weighted by atomic mass is 79.9. The van der Waals surface area contributed by atoms with E-state index in [1.54, 1.807) is 19.1 Å². The Balaban J connectivity index is 2.42. The second-order valence-corrected chi connectivity index (χ2v) is 6.06. The minimum absolute atomic E-state index is 0.0935. The maximum absolute atomic E-state index is 11.4. The van der Waals surface area contributed by atoms with Gasteiger partial charge in [0.1, 0.15) is 11.5 Å². The number of thioether (sulfide) groups is 1. The predicted molar refractivity (Wildman–Crippen MR) is 85.1 cm³/mol. The lowest BCUT2D eigenvalue weighted by molar-refractivity contribution is -0.298. The van der Waals surface area contributed by atoms with Crippen molar-refractivity contribution in [3.63, 3.8) is 0 Å². The van der Waals surface area contributed by atoms with Gasteiger partial charge in [-0.1, -0.05) is 0 Å². The third-order valence-corrected chi connectivity index (χ3v) is 4.16. The van der Waals surface area contributed by atoms with Crippen LogP contribution in [0.25, 0.3) is 6.08 Å². The second kappa shape index (κ2) is 7.51. The molecule has 2 rings (SSSR count). The number of nitrogens with zero attached hydrogens (tertiary/aromatic N) is 2. The average molecular weight is 400 g/mol. The van der Waals surface area contributed by atoms with Gasteiger partial charge in [-0.25, -0.2) is 0 Å². The number of rotatable bonds is 6. The van der Waals surface area contributed by atoms with Crippen molar-refractivity contribution in [2.45, 2.75) is 12.1 Å². The largest absolute Gasteiger partial charge is 0.544 e. The van der Waals surface area contributed by atoms with Gasteiger partial charge in [0.05, 0.1) is 24.7 Å². The van der Waals surface area contributed by atoms with E-state index in [4.69, 9.17) is 13.9 Å². The Morgan fingerprint density at radius 2 is 2.00 bits per heavy atom. The molecule has 0 fully saturated rings. The van der Waals surface area contributed by atoms with Crippen LogP contribution in [0.4, 0.5) is 0 Å². The lowest BCUT2D eigenvalue weighted by atomic mass is 10.1. The Bertz CT molecular complexity index is 760. The average Bonchev–Trinajstić information content (AvgIpc) is 2.92. The van der Waals surface area contributed by atoms with Gasteiger partial charge in [0.15, 0.2) is 0 Å². The van der Waals surface area contributed by atoms with Crippen molar-refractivity contribution in [1.29, 1.82) is 0 Å². The number of carboxylic acid groups (broad SMARTS) is 1. The topological polar surface area (TPSA) is 97.5 Å². The molecule has 0 unspecified atom stereocenters. The molecule has 0 aliphatic carbocycles. The molecule has 0 bridgehead atoms. The first-order valence-electron chi connectivity index (χ1n) is 6.27. The van der Waals surface area contributed by atoms with Crippen LogP contribution in [-0.4, -0.2) is 30.4 Å². The molecule has 0 aliphatic rings. The highest BCUT2D eigenvalue weighted by Gasteiger charge is 2.13. The number of aryl methyl sites for hydroxylation is 1. The van der Waals surface area contributed by atoms with E-state index in [0.29, 0.717) is 27.4 Å². The number of hydrogen-bond donors (Lipinski definition) is 0. The molecule has 1 aromatic heterocycles. The van der Waals surface area contributed by atoms with Crippen molar-refractivity contribution in [3.8, 4) is 11.5 Å². The normalized spacial score (nSPS) is 11.4. The number of carbonyl (C=O) groups excluding carboxylic acids is 1. The monoisotopic (exact) mass is 399 g/mol. The number of aliphatic carboxylic acids is 1. The van der Waals surface area contributed by atoms with Crippen LogP contribution in [0, 0.1) is 6.92 Å². The molecule has 0 saturated heterocycles. The smallest absolute Gasteiger partial charge is 0.281 e. The first-order chi connectivity index (χ1) is 10.9. The highest BCUT2D eigenvalue weighted by molar-refractivity contribution is 9.10. The fourth-order valence-corrected chi connectivity index (χ4v) is 2.91. The molecule has 23 heavy (non-hydrogen) atoms. The first-order valence-corrected chi connectivity index (χ1v) is 7.88. The van der Waals surface area contributed by atoms with Gasteiger partial charge >= 0.3 is 0 Å². The van der Waals surface area contributed by atoms with Gasteiger partial charge < -0.3 is 23.8 Å². The number of ether oxygens (including phenoxy) is 2. The predicted octanol–water partition coefficient (Wildman–Crippen LogP) is 2.04.